The number of para-hydroxylation sites is 1. The standard InChI is InChI=1S/C19H14ClF3N2O2/c20-15-8-7-10(9-16(15)25(26)27)17-12-4-1-3-11(12)13-5-2-6-14(18(13)24-17)19(21,22)23/h1-3,5-9,11-12,17,24H,4H2/t11-,12+,17-/m0/s1. The Morgan fingerprint density at radius 1 is 1.22 bits per heavy atom. The fourth-order valence-corrected chi connectivity index (χ4v) is 4.24. The van der Waals surface area contributed by atoms with Crippen molar-refractivity contribution in [3.8, 4) is 0 Å². The minimum Gasteiger partial charge on any atom is -0.377 e. The third-order valence-electron chi connectivity index (χ3n) is 5.23. The Kier molecular flexibility index (Phi) is 4.14. The monoisotopic (exact) mass is 394 g/mol. The average molecular weight is 395 g/mol. The van der Waals surface area contributed by atoms with Gasteiger partial charge >= 0.3 is 6.18 Å². The SMILES string of the molecule is O=[N+]([O-])c1cc([C@@H]2Nc3c(cccc3C(F)(F)F)[C@H]3C=CC[C@H]32)ccc1Cl. The van der Waals surface area contributed by atoms with Crippen LogP contribution in [0.2, 0.25) is 5.02 Å². The van der Waals surface area contributed by atoms with E-state index in [1.807, 2.05) is 12.2 Å². The van der Waals surface area contributed by atoms with E-state index >= 15 is 0 Å². The van der Waals surface area contributed by atoms with Crippen molar-refractivity contribution >= 4 is 23.0 Å². The summed E-state index contributed by atoms with van der Waals surface area (Å²) in [6.07, 6.45) is 0.0457. The number of nitro groups is 1. The van der Waals surface area contributed by atoms with Gasteiger partial charge in [-0.3, -0.25) is 10.1 Å². The van der Waals surface area contributed by atoms with Crippen LogP contribution in [0.3, 0.4) is 0 Å². The van der Waals surface area contributed by atoms with Gasteiger partial charge in [-0.2, -0.15) is 13.2 Å². The van der Waals surface area contributed by atoms with Crippen molar-refractivity contribution in [1.82, 2.24) is 0 Å². The van der Waals surface area contributed by atoms with Crippen molar-refractivity contribution in [2.24, 2.45) is 5.92 Å². The molecule has 0 bridgehead atoms. The van der Waals surface area contributed by atoms with Crippen molar-refractivity contribution in [1.29, 1.82) is 0 Å². The molecule has 0 saturated heterocycles. The number of allylic oxidation sites excluding steroid dienone is 2. The fourth-order valence-electron chi connectivity index (χ4n) is 4.05. The molecule has 1 N–H and O–H groups in total. The Morgan fingerprint density at radius 3 is 2.70 bits per heavy atom. The lowest BCUT2D eigenvalue weighted by Gasteiger charge is -2.38. The van der Waals surface area contributed by atoms with Gasteiger partial charge < -0.3 is 5.32 Å². The van der Waals surface area contributed by atoms with E-state index < -0.39 is 22.7 Å². The molecular weight excluding hydrogens is 381 g/mol. The Bertz CT molecular complexity index is 958. The highest BCUT2D eigenvalue weighted by molar-refractivity contribution is 6.32. The number of hydrogen-bond donors (Lipinski definition) is 1. The van der Waals surface area contributed by atoms with Crippen LogP contribution in [0.5, 0.6) is 0 Å². The Hall–Kier alpha value is -2.54. The Labute approximate surface area is 157 Å². The van der Waals surface area contributed by atoms with Crippen LogP contribution in [0.15, 0.2) is 48.6 Å². The number of nitrogens with one attached hydrogen (secondary N) is 1. The molecule has 2 aliphatic rings. The van der Waals surface area contributed by atoms with Crippen LogP contribution < -0.4 is 5.32 Å². The minimum absolute atomic E-state index is 0.00274. The molecule has 3 atom stereocenters. The molecule has 0 unspecified atom stereocenters. The van der Waals surface area contributed by atoms with Crippen LogP contribution in [0, 0.1) is 16.0 Å². The van der Waals surface area contributed by atoms with E-state index in [4.69, 9.17) is 11.6 Å². The maximum absolute atomic E-state index is 13.5. The second-order valence-electron chi connectivity index (χ2n) is 6.71. The van der Waals surface area contributed by atoms with E-state index in [9.17, 15) is 23.3 Å². The first kappa shape index (κ1) is 17.9. The fraction of sp³-hybridized carbons (Fsp3) is 0.263. The largest absolute Gasteiger partial charge is 0.418 e. The number of fused-ring (bicyclic) bond motifs is 3. The van der Waals surface area contributed by atoms with Crippen molar-refractivity contribution in [2.45, 2.75) is 24.6 Å². The summed E-state index contributed by atoms with van der Waals surface area (Å²) in [5.41, 5.74) is 0.205. The molecule has 27 heavy (non-hydrogen) atoms. The highest BCUT2D eigenvalue weighted by Crippen LogP contribution is 2.53. The van der Waals surface area contributed by atoms with Gasteiger partial charge in [0.15, 0.2) is 0 Å². The summed E-state index contributed by atoms with van der Waals surface area (Å²) in [4.78, 5) is 10.6. The molecule has 2 aromatic rings. The molecule has 0 fully saturated rings. The number of nitro benzene ring substituents is 1. The normalized spacial score (nSPS) is 23.5. The van der Waals surface area contributed by atoms with E-state index in [1.54, 1.807) is 12.1 Å². The third kappa shape index (κ3) is 2.96. The lowest BCUT2D eigenvalue weighted by atomic mass is 9.76. The molecule has 8 heteroatoms. The highest BCUT2D eigenvalue weighted by Gasteiger charge is 2.43. The number of hydrogen-bond acceptors (Lipinski definition) is 3. The molecule has 1 aliphatic carbocycles. The number of benzene rings is 2. The molecule has 0 spiro atoms. The van der Waals surface area contributed by atoms with Gasteiger partial charge in [-0.25, -0.2) is 0 Å². The van der Waals surface area contributed by atoms with Gasteiger partial charge in [-0.1, -0.05) is 42.0 Å². The summed E-state index contributed by atoms with van der Waals surface area (Å²) >= 11 is 5.88. The van der Waals surface area contributed by atoms with Crippen molar-refractivity contribution < 1.29 is 18.1 Å². The van der Waals surface area contributed by atoms with Crippen LogP contribution in [0.4, 0.5) is 24.5 Å². The van der Waals surface area contributed by atoms with Crippen LogP contribution >= 0.6 is 11.6 Å². The summed E-state index contributed by atoms with van der Waals surface area (Å²) in [5.74, 6) is -0.204. The topological polar surface area (TPSA) is 55.2 Å². The number of halogens is 4. The molecule has 2 aromatic carbocycles. The molecule has 0 saturated carbocycles. The minimum atomic E-state index is -4.50. The summed E-state index contributed by atoms with van der Waals surface area (Å²) in [6, 6.07) is 8.06. The molecule has 0 amide bonds. The zero-order valence-electron chi connectivity index (χ0n) is 13.8. The molecule has 1 aliphatic heterocycles. The lowest BCUT2D eigenvalue weighted by Crippen LogP contribution is -2.30. The van der Waals surface area contributed by atoms with Crippen molar-refractivity contribution in [3.63, 3.8) is 0 Å². The van der Waals surface area contributed by atoms with Crippen LogP contribution in [-0.4, -0.2) is 4.92 Å². The van der Waals surface area contributed by atoms with E-state index in [1.165, 1.54) is 18.2 Å². The van der Waals surface area contributed by atoms with Crippen LogP contribution in [0.1, 0.15) is 35.1 Å². The zero-order chi connectivity index (χ0) is 19.3. The maximum atomic E-state index is 13.5. The highest BCUT2D eigenvalue weighted by atomic mass is 35.5. The second-order valence-corrected chi connectivity index (χ2v) is 7.12. The average Bonchev–Trinajstić information content (AvgIpc) is 3.10. The van der Waals surface area contributed by atoms with E-state index in [0.29, 0.717) is 17.5 Å². The summed E-state index contributed by atoms with van der Waals surface area (Å²) in [5, 5.41) is 14.2. The van der Waals surface area contributed by atoms with Crippen molar-refractivity contribution in [2.75, 3.05) is 5.32 Å². The van der Waals surface area contributed by atoms with Gasteiger partial charge in [0.2, 0.25) is 0 Å². The lowest BCUT2D eigenvalue weighted by molar-refractivity contribution is -0.384. The zero-order valence-corrected chi connectivity index (χ0v) is 14.6. The first-order chi connectivity index (χ1) is 12.8. The van der Waals surface area contributed by atoms with E-state index in [2.05, 4.69) is 5.32 Å². The summed E-state index contributed by atoms with van der Waals surface area (Å²) in [6.45, 7) is 0. The molecule has 140 valence electrons. The first-order valence-electron chi connectivity index (χ1n) is 8.34. The Balaban J connectivity index is 1.84. The Morgan fingerprint density at radius 2 is 2.00 bits per heavy atom. The van der Waals surface area contributed by atoms with Crippen LogP contribution in [-0.2, 0) is 6.18 Å². The van der Waals surface area contributed by atoms with Gasteiger partial charge in [0.1, 0.15) is 5.02 Å². The van der Waals surface area contributed by atoms with Gasteiger partial charge in [-0.05, 0) is 35.6 Å². The molecule has 0 aromatic heterocycles. The van der Waals surface area contributed by atoms with Gasteiger partial charge in [-0.15, -0.1) is 0 Å². The van der Waals surface area contributed by atoms with E-state index in [0.717, 1.165) is 6.07 Å². The maximum Gasteiger partial charge on any atom is 0.418 e. The van der Waals surface area contributed by atoms with Crippen LogP contribution in [0.25, 0.3) is 0 Å². The number of nitrogens with zero attached hydrogens (tertiary/aromatic N) is 1. The quantitative estimate of drug-likeness (QED) is 0.380. The smallest absolute Gasteiger partial charge is 0.377 e. The predicted molar refractivity (Wildman–Crippen MR) is 95.9 cm³/mol. The molecule has 4 rings (SSSR count). The van der Waals surface area contributed by atoms with E-state index in [-0.39, 0.29) is 28.2 Å². The number of rotatable bonds is 2. The number of alkyl halides is 3. The summed E-state index contributed by atoms with van der Waals surface area (Å²) in [7, 11) is 0. The summed E-state index contributed by atoms with van der Waals surface area (Å²) < 4.78 is 40.5. The van der Waals surface area contributed by atoms with Crippen molar-refractivity contribution in [3.05, 3.63) is 80.4 Å². The molecule has 4 nitrogen and oxygen atoms in total. The van der Waals surface area contributed by atoms with Gasteiger partial charge in [0, 0.05) is 12.0 Å². The predicted octanol–water partition coefficient (Wildman–Crippen LogP) is 6.09. The first-order valence-corrected chi connectivity index (χ1v) is 8.72. The second kappa shape index (κ2) is 6.27. The number of anilines is 1. The van der Waals surface area contributed by atoms with Gasteiger partial charge in [0.25, 0.3) is 5.69 Å². The third-order valence-corrected chi connectivity index (χ3v) is 5.55. The molecular formula is C19H14ClF3N2O2. The molecule has 0 radical (unpaired) electrons. The molecule has 1 heterocycles. The van der Waals surface area contributed by atoms with Gasteiger partial charge in [0.05, 0.1) is 22.2 Å².